The van der Waals surface area contributed by atoms with E-state index in [1.165, 1.54) is 0 Å². The van der Waals surface area contributed by atoms with Crippen LogP contribution in [0, 0.1) is 0 Å². The van der Waals surface area contributed by atoms with Crippen molar-refractivity contribution in [2.45, 2.75) is 44.9 Å². The third-order valence-electron chi connectivity index (χ3n) is 4.14. The van der Waals surface area contributed by atoms with E-state index in [0.717, 1.165) is 11.4 Å². The zero-order valence-electron chi connectivity index (χ0n) is 12.6. The van der Waals surface area contributed by atoms with Crippen LogP contribution in [0.5, 0.6) is 5.75 Å². The Kier molecular flexibility index (Phi) is 3.92. The Hall–Kier alpha value is -1.00. The van der Waals surface area contributed by atoms with E-state index in [4.69, 9.17) is 9.16 Å². The second-order valence-corrected chi connectivity index (χ2v) is 11.5. The van der Waals surface area contributed by atoms with Gasteiger partial charge in [-0.1, -0.05) is 32.9 Å². The third-order valence-corrected chi connectivity index (χ3v) is 8.64. The van der Waals surface area contributed by atoms with Crippen molar-refractivity contribution in [1.29, 1.82) is 0 Å². The van der Waals surface area contributed by atoms with E-state index >= 15 is 0 Å². The summed E-state index contributed by atoms with van der Waals surface area (Å²) in [6.07, 6.45) is 0. The number of fused-ring (bicyclic) bond motifs is 1. The molecule has 4 heteroatoms. The number of rotatable bonds is 3. The molecule has 1 aliphatic heterocycles. The van der Waals surface area contributed by atoms with Crippen molar-refractivity contribution in [1.82, 2.24) is 0 Å². The molecular formula is C15H25NO2Si. The highest BCUT2D eigenvalue weighted by Gasteiger charge is 2.37. The lowest BCUT2D eigenvalue weighted by molar-refractivity contribution is 0.209. The molecule has 0 aromatic heterocycles. The van der Waals surface area contributed by atoms with Gasteiger partial charge in [0.1, 0.15) is 12.4 Å². The topological polar surface area (TPSA) is 30.5 Å². The summed E-state index contributed by atoms with van der Waals surface area (Å²) in [6.45, 7) is 12.7. The molecule has 0 radical (unpaired) electrons. The first kappa shape index (κ1) is 14.4. The van der Waals surface area contributed by atoms with Crippen LogP contribution in [0.3, 0.4) is 0 Å². The number of hydrogen-bond acceptors (Lipinski definition) is 3. The number of para-hydroxylation sites is 2. The standard InChI is InChI=1S/C15H25NO2Si/c1-15(2,3)19(4,5)18-11-12-10-17-14-9-7-6-8-13(14)16-12/h6-9,12,16H,10-11H2,1-5H3. The van der Waals surface area contributed by atoms with Crippen molar-refractivity contribution < 1.29 is 9.16 Å². The average Bonchev–Trinajstić information content (AvgIpc) is 2.35. The SMILES string of the molecule is CC(C)(C)[Si](C)(C)OCC1COc2ccccc2N1. The molecule has 0 bridgehead atoms. The average molecular weight is 279 g/mol. The summed E-state index contributed by atoms with van der Waals surface area (Å²) in [6, 6.07) is 8.30. The van der Waals surface area contributed by atoms with E-state index in [-0.39, 0.29) is 11.1 Å². The van der Waals surface area contributed by atoms with Crippen molar-refractivity contribution in [2.24, 2.45) is 0 Å². The number of anilines is 1. The second kappa shape index (κ2) is 5.17. The molecule has 0 saturated carbocycles. The number of benzene rings is 1. The van der Waals surface area contributed by atoms with E-state index < -0.39 is 8.32 Å². The van der Waals surface area contributed by atoms with E-state index in [9.17, 15) is 0 Å². The molecule has 0 fully saturated rings. The first-order valence-electron chi connectivity index (χ1n) is 6.92. The quantitative estimate of drug-likeness (QED) is 0.852. The number of nitrogens with one attached hydrogen (secondary N) is 1. The molecule has 2 rings (SSSR count). The fourth-order valence-corrected chi connectivity index (χ4v) is 2.83. The van der Waals surface area contributed by atoms with Gasteiger partial charge in [-0.05, 0) is 30.3 Å². The van der Waals surface area contributed by atoms with Gasteiger partial charge >= 0.3 is 0 Å². The molecule has 0 saturated heterocycles. The van der Waals surface area contributed by atoms with E-state index in [1.54, 1.807) is 0 Å². The minimum absolute atomic E-state index is 0.240. The lowest BCUT2D eigenvalue weighted by Gasteiger charge is -2.38. The fourth-order valence-electron chi connectivity index (χ4n) is 1.78. The highest BCUT2D eigenvalue weighted by molar-refractivity contribution is 6.74. The normalized spacial score (nSPS) is 19.3. The van der Waals surface area contributed by atoms with Crippen molar-refractivity contribution in [3.8, 4) is 5.75 Å². The summed E-state index contributed by atoms with van der Waals surface area (Å²) in [7, 11) is -1.68. The molecule has 1 N–H and O–H groups in total. The highest BCUT2D eigenvalue weighted by atomic mass is 28.4. The van der Waals surface area contributed by atoms with Crippen LogP contribution in [0.4, 0.5) is 5.69 Å². The maximum absolute atomic E-state index is 6.24. The van der Waals surface area contributed by atoms with Crippen molar-refractivity contribution >= 4 is 14.0 Å². The molecular weight excluding hydrogens is 254 g/mol. The van der Waals surface area contributed by atoms with Crippen LogP contribution in [-0.4, -0.2) is 27.6 Å². The second-order valence-electron chi connectivity index (χ2n) is 6.72. The molecule has 0 aliphatic carbocycles. The molecule has 1 aromatic rings. The predicted molar refractivity (Wildman–Crippen MR) is 82.5 cm³/mol. The van der Waals surface area contributed by atoms with Crippen molar-refractivity contribution in [3.05, 3.63) is 24.3 Å². The molecule has 1 unspecified atom stereocenters. The van der Waals surface area contributed by atoms with Gasteiger partial charge in [0, 0.05) is 0 Å². The van der Waals surface area contributed by atoms with Gasteiger partial charge < -0.3 is 14.5 Å². The van der Waals surface area contributed by atoms with Gasteiger partial charge in [0.25, 0.3) is 0 Å². The van der Waals surface area contributed by atoms with Crippen LogP contribution in [0.25, 0.3) is 0 Å². The van der Waals surface area contributed by atoms with Crippen LogP contribution in [0.1, 0.15) is 20.8 Å². The Labute approximate surface area is 117 Å². The molecule has 3 nitrogen and oxygen atoms in total. The summed E-state index contributed by atoms with van der Waals surface area (Å²) < 4.78 is 12.0. The Morgan fingerprint density at radius 1 is 1.32 bits per heavy atom. The fraction of sp³-hybridized carbons (Fsp3) is 0.600. The van der Waals surface area contributed by atoms with Crippen LogP contribution in [0.15, 0.2) is 24.3 Å². The van der Waals surface area contributed by atoms with Gasteiger partial charge in [0.05, 0.1) is 18.3 Å². The van der Waals surface area contributed by atoms with Crippen LogP contribution in [-0.2, 0) is 4.43 Å². The summed E-state index contributed by atoms with van der Waals surface area (Å²) in [5.41, 5.74) is 1.07. The minimum Gasteiger partial charge on any atom is -0.489 e. The molecule has 0 spiro atoms. The molecule has 1 aliphatic rings. The molecule has 1 heterocycles. The van der Waals surface area contributed by atoms with E-state index in [2.05, 4.69) is 39.2 Å². The lowest BCUT2D eigenvalue weighted by atomic mass is 10.2. The van der Waals surface area contributed by atoms with Gasteiger partial charge in [-0.25, -0.2) is 0 Å². The molecule has 1 aromatic carbocycles. The first-order chi connectivity index (χ1) is 8.79. The Balaban J connectivity index is 1.93. The molecule has 19 heavy (non-hydrogen) atoms. The Morgan fingerprint density at radius 2 is 2.00 bits per heavy atom. The van der Waals surface area contributed by atoms with Crippen LogP contribution < -0.4 is 10.1 Å². The summed E-state index contributed by atoms with van der Waals surface area (Å²) in [5.74, 6) is 0.936. The molecule has 106 valence electrons. The van der Waals surface area contributed by atoms with Gasteiger partial charge in [0.2, 0.25) is 0 Å². The lowest BCUT2D eigenvalue weighted by Crippen LogP contribution is -2.45. The monoisotopic (exact) mass is 279 g/mol. The van der Waals surface area contributed by atoms with Gasteiger partial charge in [-0.2, -0.15) is 0 Å². The number of ether oxygens (including phenoxy) is 1. The summed E-state index contributed by atoms with van der Waals surface area (Å²) in [5, 5.41) is 3.74. The third kappa shape index (κ3) is 3.31. The van der Waals surface area contributed by atoms with Crippen molar-refractivity contribution in [2.75, 3.05) is 18.5 Å². The maximum Gasteiger partial charge on any atom is 0.192 e. The van der Waals surface area contributed by atoms with Gasteiger partial charge in [0.15, 0.2) is 8.32 Å². The minimum atomic E-state index is -1.68. The smallest absolute Gasteiger partial charge is 0.192 e. The molecule has 0 amide bonds. The first-order valence-corrected chi connectivity index (χ1v) is 9.83. The van der Waals surface area contributed by atoms with Gasteiger partial charge in [-0.15, -0.1) is 0 Å². The maximum atomic E-state index is 6.24. The van der Waals surface area contributed by atoms with E-state index in [0.29, 0.717) is 13.2 Å². The zero-order chi connectivity index (χ0) is 14.1. The predicted octanol–water partition coefficient (Wildman–Crippen LogP) is 3.88. The van der Waals surface area contributed by atoms with E-state index in [1.807, 2.05) is 24.3 Å². The zero-order valence-corrected chi connectivity index (χ0v) is 13.6. The van der Waals surface area contributed by atoms with Gasteiger partial charge in [-0.3, -0.25) is 0 Å². The largest absolute Gasteiger partial charge is 0.489 e. The Bertz CT molecular complexity index is 440. The highest BCUT2D eigenvalue weighted by Crippen LogP contribution is 2.37. The number of hydrogen-bond donors (Lipinski definition) is 1. The van der Waals surface area contributed by atoms with Crippen LogP contribution in [0.2, 0.25) is 18.1 Å². The van der Waals surface area contributed by atoms with Crippen LogP contribution >= 0.6 is 0 Å². The molecule has 1 atom stereocenters. The summed E-state index contributed by atoms with van der Waals surface area (Å²) >= 11 is 0. The summed E-state index contributed by atoms with van der Waals surface area (Å²) in [4.78, 5) is 0. The Morgan fingerprint density at radius 3 is 2.68 bits per heavy atom. The van der Waals surface area contributed by atoms with Crippen molar-refractivity contribution in [3.63, 3.8) is 0 Å².